The van der Waals surface area contributed by atoms with Crippen LogP contribution in [0.1, 0.15) is 68.5 Å². The molecule has 2 aromatic heterocycles. The van der Waals surface area contributed by atoms with E-state index >= 15 is 0 Å². The van der Waals surface area contributed by atoms with Gasteiger partial charge < -0.3 is 14.3 Å². The number of rotatable bonds is 7. The molecule has 9 nitrogen and oxygen atoms in total. The van der Waals surface area contributed by atoms with Gasteiger partial charge in [0.2, 0.25) is 11.8 Å². The Hall–Kier alpha value is -2.71. The quantitative estimate of drug-likeness (QED) is 0.704. The fraction of sp³-hybridized carbons (Fsp3) is 0.650. The lowest BCUT2D eigenvalue weighted by molar-refractivity contribution is -0.132. The zero-order chi connectivity index (χ0) is 21.0. The molecule has 0 bridgehead atoms. The Kier molecular flexibility index (Phi) is 6.66. The average molecular weight is 402 g/mol. The van der Waals surface area contributed by atoms with Crippen molar-refractivity contribution in [1.82, 2.24) is 29.7 Å². The minimum Gasteiger partial charge on any atom is -0.339 e. The first kappa shape index (κ1) is 21.0. The van der Waals surface area contributed by atoms with Gasteiger partial charge in [0.25, 0.3) is 5.91 Å². The van der Waals surface area contributed by atoms with Gasteiger partial charge in [-0.2, -0.15) is 10.1 Å². The zero-order valence-corrected chi connectivity index (χ0v) is 17.7. The van der Waals surface area contributed by atoms with Crippen molar-refractivity contribution in [3.8, 4) is 0 Å². The first-order valence-corrected chi connectivity index (χ1v) is 10.3. The number of aromatic nitrogens is 4. The summed E-state index contributed by atoms with van der Waals surface area (Å²) in [5.41, 5.74) is 0.592. The van der Waals surface area contributed by atoms with Crippen molar-refractivity contribution < 1.29 is 14.1 Å². The molecule has 1 atom stereocenters. The SMILES string of the molecule is CCn1cc(C(=O)N2CCCC(N(CCc3noc(C(C)C)n3)C(C)=O)C2)cn1. The summed E-state index contributed by atoms with van der Waals surface area (Å²) >= 11 is 0. The maximum Gasteiger partial charge on any atom is 0.257 e. The zero-order valence-electron chi connectivity index (χ0n) is 17.7. The number of carbonyl (C=O) groups excluding carboxylic acids is 2. The van der Waals surface area contributed by atoms with Crippen LogP contribution < -0.4 is 0 Å². The highest BCUT2D eigenvalue weighted by atomic mass is 16.5. The number of likely N-dealkylation sites (tertiary alicyclic amines) is 1. The summed E-state index contributed by atoms with van der Waals surface area (Å²) in [6.45, 7) is 10.0. The van der Waals surface area contributed by atoms with Crippen LogP contribution in [0.5, 0.6) is 0 Å². The first-order valence-electron chi connectivity index (χ1n) is 10.3. The van der Waals surface area contributed by atoms with Crippen LogP contribution >= 0.6 is 0 Å². The monoisotopic (exact) mass is 402 g/mol. The largest absolute Gasteiger partial charge is 0.339 e. The van der Waals surface area contributed by atoms with E-state index in [1.807, 2.05) is 30.6 Å². The predicted molar refractivity (Wildman–Crippen MR) is 106 cm³/mol. The van der Waals surface area contributed by atoms with Gasteiger partial charge in [-0.3, -0.25) is 14.3 Å². The van der Waals surface area contributed by atoms with Crippen molar-refractivity contribution in [3.63, 3.8) is 0 Å². The van der Waals surface area contributed by atoms with Crippen LogP contribution in [-0.4, -0.2) is 67.2 Å². The lowest BCUT2D eigenvalue weighted by Crippen LogP contribution is -2.51. The Balaban J connectivity index is 1.63. The van der Waals surface area contributed by atoms with Crippen molar-refractivity contribution in [2.24, 2.45) is 0 Å². The molecule has 0 saturated carbocycles. The minimum atomic E-state index is -0.0300. The van der Waals surface area contributed by atoms with Crippen molar-refractivity contribution in [1.29, 1.82) is 0 Å². The second-order valence-electron chi connectivity index (χ2n) is 7.80. The maximum absolute atomic E-state index is 12.8. The first-order chi connectivity index (χ1) is 13.9. The third kappa shape index (κ3) is 5.02. The molecule has 3 rings (SSSR count). The molecular weight excluding hydrogens is 372 g/mol. The molecule has 2 aromatic rings. The van der Waals surface area contributed by atoms with E-state index in [9.17, 15) is 9.59 Å². The van der Waals surface area contributed by atoms with Gasteiger partial charge in [0, 0.05) is 57.7 Å². The Morgan fingerprint density at radius 1 is 1.38 bits per heavy atom. The Labute approximate surface area is 171 Å². The lowest BCUT2D eigenvalue weighted by Gasteiger charge is -2.39. The fourth-order valence-corrected chi connectivity index (χ4v) is 3.64. The summed E-state index contributed by atoms with van der Waals surface area (Å²) in [6.07, 6.45) is 5.66. The van der Waals surface area contributed by atoms with Gasteiger partial charge in [-0.15, -0.1) is 0 Å². The molecular formula is C20H30N6O3. The summed E-state index contributed by atoms with van der Waals surface area (Å²) in [5, 5.41) is 8.20. The third-order valence-electron chi connectivity index (χ3n) is 5.29. The molecule has 2 amide bonds. The number of aryl methyl sites for hydroxylation is 1. The Morgan fingerprint density at radius 3 is 2.79 bits per heavy atom. The number of nitrogens with zero attached hydrogens (tertiary/aromatic N) is 6. The van der Waals surface area contributed by atoms with E-state index in [0.717, 1.165) is 19.4 Å². The van der Waals surface area contributed by atoms with Gasteiger partial charge in [0.15, 0.2) is 5.82 Å². The van der Waals surface area contributed by atoms with Gasteiger partial charge in [-0.1, -0.05) is 19.0 Å². The van der Waals surface area contributed by atoms with Crippen LogP contribution in [0.15, 0.2) is 16.9 Å². The van der Waals surface area contributed by atoms with E-state index in [0.29, 0.717) is 43.3 Å². The van der Waals surface area contributed by atoms with Gasteiger partial charge in [0.05, 0.1) is 11.8 Å². The van der Waals surface area contributed by atoms with Crippen LogP contribution in [0.4, 0.5) is 0 Å². The lowest BCUT2D eigenvalue weighted by atomic mass is 10.0. The Morgan fingerprint density at radius 2 is 2.17 bits per heavy atom. The van der Waals surface area contributed by atoms with Crippen LogP contribution in [0, 0.1) is 0 Å². The van der Waals surface area contributed by atoms with Crippen molar-refractivity contribution >= 4 is 11.8 Å². The highest BCUT2D eigenvalue weighted by Crippen LogP contribution is 2.19. The molecule has 1 aliphatic rings. The molecule has 1 saturated heterocycles. The van der Waals surface area contributed by atoms with E-state index in [1.165, 1.54) is 0 Å². The van der Waals surface area contributed by atoms with Gasteiger partial charge in [-0.05, 0) is 19.8 Å². The highest BCUT2D eigenvalue weighted by molar-refractivity contribution is 5.93. The summed E-state index contributed by atoms with van der Waals surface area (Å²) in [6, 6.07) is -0.0112. The summed E-state index contributed by atoms with van der Waals surface area (Å²) in [7, 11) is 0. The number of piperidine rings is 1. The van der Waals surface area contributed by atoms with Crippen LogP contribution in [-0.2, 0) is 17.8 Å². The smallest absolute Gasteiger partial charge is 0.257 e. The maximum atomic E-state index is 12.8. The third-order valence-corrected chi connectivity index (χ3v) is 5.29. The van der Waals surface area contributed by atoms with E-state index < -0.39 is 0 Å². The topological polar surface area (TPSA) is 97.4 Å². The van der Waals surface area contributed by atoms with E-state index in [2.05, 4.69) is 15.2 Å². The van der Waals surface area contributed by atoms with Crippen LogP contribution in [0.3, 0.4) is 0 Å². The molecule has 158 valence electrons. The molecule has 29 heavy (non-hydrogen) atoms. The fourth-order valence-electron chi connectivity index (χ4n) is 3.64. The minimum absolute atomic E-state index is 0.00400. The van der Waals surface area contributed by atoms with Crippen molar-refractivity contribution in [2.45, 2.75) is 65.5 Å². The predicted octanol–water partition coefficient (Wildman–Crippen LogP) is 2.11. The van der Waals surface area contributed by atoms with Crippen molar-refractivity contribution in [3.05, 3.63) is 29.7 Å². The number of hydrogen-bond donors (Lipinski definition) is 0. The highest BCUT2D eigenvalue weighted by Gasteiger charge is 2.30. The average Bonchev–Trinajstić information content (AvgIpc) is 3.37. The molecule has 0 aliphatic carbocycles. The Bertz CT molecular complexity index is 843. The number of hydrogen-bond acceptors (Lipinski definition) is 6. The second-order valence-corrected chi connectivity index (χ2v) is 7.80. The molecule has 3 heterocycles. The number of carbonyl (C=O) groups is 2. The van der Waals surface area contributed by atoms with Crippen molar-refractivity contribution in [2.75, 3.05) is 19.6 Å². The molecule has 1 unspecified atom stereocenters. The second kappa shape index (κ2) is 9.19. The molecule has 1 fully saturated rings. The van der Waals surface area contributed by atoms with E-state index in [1.54, 1.807) is 24.0 Å². The van der Waals surface area contributed by atoms with Gasteiger partial charge in [0.1, 0.15) is 0 Å². The summed E-state index contributed by atoms with van der Waals surface area (Å²) in [4.78, 5) is 33.2. The molecule has 0 spiro atoms. The van der Waals surface area contributed by atoms with Gasteiger partial charge >= 0.3 is 0 Å². The summed E-state index contributed by atoms with van der Waals surface area (Å²) < 4.78 is 6.99. The molecule has 0 radical (unpaired) electrons. The molecule has 1 aliphatic heterocycles. The normalized spacial score (nSPS) is 17.0. The van der Waals surface area contributed by atoms with Crippen LogP contribution in [0.2, 0.25) is 0 Å². The molecule has 9 heteroatoms. The standard InChI is InChI=1S/C20H30N6O3/c1-5-25-12-16(11-21-25)20(28)24-9-6-7-17(13-24)26(15(4)27)10-8-18-22-19(14(2)3)29-23-18/h11-12,14,17H,5-10,13H2,1-4H3. The molecule has 0 aromatic carbocycles. The van der Waals surface area contributed by atoms with Crippen LogP contribution in [0.25, 0.3) is 0 Å². The number of amides is 2. The molecule has 0 N–H and O–H groups in total. The van der Waals surface area contributed by atoms with Gasteiger partial charge in [-0.25, -0.2) is 0 Å². The van der Waals surface area contributed by atoms with E-state index in [4.69, 9.17) is 4.52 Å². The van der Waals surface area contributed by atoms with E-state index in [-0.39, 0.29) is 23.8 Å². The summed E-state index contributed by atoms with van der Waals surface area (Å²) in [5.74, 6) is 1.36.